The highest BCUT2D eigenvalue weighted by atomic mass is 32.2. The third kappa shape index (κ3) is 3.68. The van der Waals surface area contributed by atoms with Gasteiger partial charge in [-0.25, -0.2) is 22.8 Å². The molecule has 0 fully saturated rings. The average molecular weight is 345 g/mol. The fourth-order valence-electron chi connectivity index (χ4n) is 2.40. The molecule has 0 bridgehead atoms. The van der Waals surface area contributed by atoms with Gasteiger partial charge in [0.15, 0.2) is 9.84 Å². The number of sulfone groups is 1. The quantitative estimate of drug-likeness (QED) is 0.770. The minimum absolute atomic E-state index is 0.302. The van der Waals surface area contributed by atoms with Gasteiger partial charge in [-0.15, -0.1) is 0 Å². The van der Waals surface area contributed by atoms with Crippen LogP contribution >= 0.6 is 0 Å². The first kappa shape index (κ1) is 16.3. The molecule has 7 heteroatoms. The molecule has 0 atom stereocenters. The lowest BCUT2D eigenvalue weighted by Crippen LogP contribution is -2.07. The molecule has 124 valence electrons. The Balaban J connectivity index is 1.70. The zero-order chi connectivity index (χ0) is 17.2. The lowest BCUT2D eigenvalue weighted by Gasteiger charge is -2.08. The van der Waals surface area contributed by atoms with Crippen LogP contribution in [0.1, 0.15) is 5.56 Å². The van der Waals surface area contributed by atoms with Crippen molar-refractivity contribution in [3.05, 3.63) is 60.2 Å². The largest absolute Gasteiger partial charge is 0.369 e. The Kier molecular flexibility index (Phi) is 4.44. The summed E-state index contributed by atoms with van der Waals surface area (Å²) in [6.07, 6.45) is 3.30. The molecule has 0 aliphatic heterocycles. The molecule has 1 aromatic heterocycles. The van der Waals surface area contributed by atoms with Crippen molar-refractivity contribution in [2.75, 3.05) is 18.1 Å². The third-order valence-electron chi connectivity index (χ3n) is 3.65. The molecule has 0 amide bonds. The Bertz CT molecular complexity index is 973. The highest BCUT2D eigenvalue weighted by Gasteiger charge is 2.07. The Hall–Kier alpha value is -2.54. The average Bonchev–Trinajstić information content (AvgIpc) is 2.55. The fourth-order valence-corrected chi connectivity index (χ4v) is 3.03. The van der Waals surface area contributed by atoms with Crippen LogP contribution in [0, 0.1) is 5.82 Å². The van der Waals surface area contributed by atoms with E-state index < -0.39 is 9.84 Å². The van der Waals surface area contributed by atoms with E-state index in [1.54, 1.807) is 30.3 Å². The molecule has 1 heterocycles. The van der Waals surface area contributed by atoms with E-state index >= 15 is 0 Å². The van der Waals surface area contributed by atoms with Crippen LogP contribution in [-0.2, 0) is 16.3 Å². The smallest absolute Gasteiger partial charge is 0.175 e. The lowest BCUT2D eigenvalue weighted by molar-refractivity contribution is 0.602. The normalized spacial score (nSPS) is 11.6. The van der Waals surface area contributed by atoms with Gasteiger partial charge in [0.1, 0.15) is 18.0 Å². The highest BCUT2D eigenvalue weighted by molar-refractivity contribution is 7.90. The molecule has 0 spiro atoms. The number of hydrogen-bond donors (Lipinski definition) is 1. The van der Waals surface area contributed by atoms with Crippen molar-refractivity contribution in [3.8, 4) is 0 Å². The van der Waals surface area contributed by atoms with Gasteiger partial charge in [-0.05, 0) is 42.3 Å². The van der Waals surface area contributed by atoms with Gasteiger partial charge >= 0.3 is 0 Å². The van der Waals surface area contributed by atoms with Crippen molar-refractivity contribution in [3.63, 3.8) is 0 Å². The number of nitrogens with one attached hydrogen (secondary N) is 1. The molecule has 0 unspecified atom stereocenters. The summed E-state index contributed by atoms with van der Waals surface area (Å²) in [6, 6.07) is 11.1. The SMILES string of the molecule is CS(=O)(=O)c1ccc(CCNc2ncnc3ccc(F)cc23)cc1. The van der Waals surface area contributed by atoms with Crippen molar-refractivity contribution in [2.24, 2.45) is 0 Å². The molecular weight excluding hydrogens is 329 g/mol. The Labute approximate surface area is 139 Å². The topological polar surface area (TPSA) is 72.0 Å². The molecule has 0 aliphatic rings. The molecule has 0 saturated heterocycles. The summed E-state index contributed by atoms with van der Waals surface area (Å²) < 4.78 is 36.3. The lowest BCUT2D eigenvalue weighted by atomic mass is 10.1. The summed E-state index contributed by atoms with van der Waals surface area (Å²) in [7, 11) is -3.18. The monoisotopic (exact) mass is 345 g/mol. The van der Waals surface area contributed by atoms with Crippen molar-refractivity contribution >= 4 is 26.6 Å². The van der Waals surface area contributed by atoms with Crippen LogP contribution in [0.25, 0.3) is 10.9 Å². The predicted molar refractivity (Wildman–Crippen MR) is 91.2 cm³/mol. The van der Waals surface area contributed by atoms with E-state index in [4.69, 9.17) is 0 Å². The summed E-state index contributed by atoms with van der Waals surface area (Å²) in [5.41, 5.74) is 1.67. The zero-order valence-electron chi connectivity index (χ0n) is 13.0. The van der Waals surface area contributed by atoms with Crippen LogP contribution in [0.15, 0.2) is 53.7 Å². The number of benzene rings is 2. The molecule has 2 aromatic carbocycles. The van der Waals surface area contributed by atoms with E-state index in [1.807, 2.05) is 0 Å². The predicted octanol–water partition coefficient (Wildman–Crippen LogP) is 2.83. The first-order chi connectivity index (χ1) is 11.4. The maximum atomic E-state index is 13.4. The minimum Gasteiger partial charge on any atom is -0.369 e. The molecular formula is C17H16FN3O2S. The van der Waals surface area contributed by atoms with Gasteiger partial charge in [-0.2, -0.15) is 0 Å². The van der Waals surface area contributed by atoms with Crippen molar-refractivity contribution < 1.29 is 12.8 Å². The molecule has 24 heavy (non-hydrogen) atoms. The first-order valence-electron chi connectivity index (χ1n) is 7.36. The molecule has 0 saturated carbocycles. The third-order valence-corrected chi connectivity index (χ3v) is 4.78. The molecule has 5 nitrogen and oxygen atoms in total. The van der Waals surface area contributed by atoms with Gasteiger partial charge in [0, 0.05) is 18.2 Å². The zero-order valence-corrected chi connectivity index (χ0v) is 13.8. The number of halogens is 1. The van der Waals surface area contributed by atoms with Crippen LogP contribution in [0.4, 0.5) is 10.2 Å². The standard InChI is InChI=1S/C17H16FN3O2S/c1-24(22,23)14-5-2-12(3-6-14)8-9-19-17-15-10-13(18)4-7-16(15)20-11-21-17/h2-7,10-11H,8-9H2,1H3,(H,19,20,21). The number of fused-ring (bicyclic) bond motifs is 1. The highest BCUT2D eigenvalue weighted by Crippen LogP contribution is 2.20. The van der Waals surface area contributed by atoms with Gasteiger partial charge in [0.25, 0.3) is 0 Å². The van der Waals surface area contributed by atoms with Gasteiger partial charge in [-0.1, -0.05) is 12.1 Å². The van der Waals surface area contributed by atoms with E-state index in [2.05, 4.69) is 15.3 Å². The summed E-state index contributed by atoms with van der Waals surface area (Å²) in [4.78, 5) is 8.57. The van der Waals surface area contributed by atoms with E-state index in [0.717, 1.165) is 5.56 Å². The number of anilines is 1. The van der Waals surface area contributed by atoms with E-state index in [9.17, 15) is 12.8 Å². The van der Waals surface area contributed by atoms with Crippen LogP contribution in [0.2, 0.25) is 0 Å². The minimum atomic E-state index is -3.18. The Morgan fingerprint density at radius 1 is 1.08 bits per heavy atom. The molecule has 0 aliphatic carbocycles. The second-order valence-electron chi connectivity index (χ2n) is 5.48. The van der Waals surface area contributed by atoms with Gasteiger partial charge < -0.3 is 5.32 Å². The van der Waals surface area contributed by atoms with Crippen molar-refractivity contribution in [1.29, 1.82) is 0 Å². The van der Waals surface area contributed by atoms with Crippen LogP contribution in [-0.4, -0.2) is 31.2 Å². The molecule has 3 aromatic rings. The second-order valence-corrected chi connectivity index (χ2v) is 7.49. The first-order valence-corrected chi connectivity index (χ1v) is 9.26. The molecule has 0 radical (unpaired) electrons. The number of nitrogens with zero attached hydrogens (tertiary/aromatic N) is 2. The van der Waals surface area contributed by atoms with E-state index in [-0.39, 0.29) is 5.82 Å². The van der Waals surface area contributed by atoms with E-state index in [1.165, 1.54) is 24.7 Å². The number of rotatable bonds is 5. The van der Waals surface area contributed by atoms with Crippen LogP contribution in [0.5, 0.6) is 0 Å². The van der Waals surface area contributed by atoms with Crippen molar-refractivity contribution in [2.45, 2.75) is 11.3 Å². The Morgan fingerprint density at radius 2 is 1.83 bits per heavy atom. The summed E-state index contributed by atoms with van der Waals surface area (Å²) >= 11 is 0. The summed E-state index contributed by atoms with van der Waals surface area (Å²) in [5, 5.41) is 3.80. The maximum absolute atomic E-state index is 13.4. The Morgan fingerprint density at radius 3 is 2.54 bits per heavy atom. The van der Waals surface area contributed by atoms with Crippen LogP contribution in [0.3, 0.4) is 0 Å². The second kappa shape index (κ2) is 6.52. The van der Waals surface area contributed by atoms with E-state index in [0.29, 0.717) is 34.6 Å². The van der Waals surface area contributed by atoms with Crippen molar-refractivity contribution in [1.82, 2.24) is 9.97 Å². The number of aromatic nitrogens is 2. The van der Waals surface area contributed by atoms with Gasteiger partial charge in [0.05, 0.1) is 10.4 Å². The van der Waals surface area contributed by atoms with Gasteiger partial charge in [0.2, 0.25) is 0 Å². The van der Waals surface area contributed by atoms with Crippen LogP contribution < -0.4 is 5.32 Å². The fraction of sp³-hybridized carbons (Fsp3) is 0.176. The summed E-state index contributed by atoms with van der Waals surface area (Å²) in [6.45, 7) is 0.584. The molecule has 1 N–H and O–H groups in total. The number of hydrogen-bond acceptors (Lipinski definition) is 5. The van der Waals surface area contributed by atoms with Gasteiger partial charge in [-0.3, -0.25) is 0 Å². The maximum Gasteiger partial charge on any atom is 0.175 e. The molecule has 3 rings (SSSR count). The summed E-state index contributed by atoms with van der Waals surface area (Å²) in [5.74, 6) is 0.240.